The van der Waals surface area contributed by atoms with Crippen molar-refractivity contribution in [1.29, 1.82) is 0 Å². The number of hydrazone groups is 1. The van der Waals surface area contributed by atoms with Crippen molar-refractivity contribution in [2.45, 2.75) is 19.6 Å². The number of rotatable bonds is 6. The molecular formula is C25H20ClF3N4. The van der Waals surface area contributed by atoms with Gasteiger partial charge in [-0.15, -0.1) is 0 Å². The molecule has 0 spiro atoms. The van der Waals surface area contributed by atoms with Crippen LogP contribution >= 0.6 is 11.6 Å². The number of aryl methyl sites for hydroxylation is 1. The lowest BCUT2D eigenvalue weighted by Crippen LogP contribution is -2.16. The van der Waals surface area contributed by atoms with E-state index in [0.717, 1.165) is 23.4 Å². The highest BCUT2D eigenvalue weighted by Crippen LogP contribution is 2.31. The van der Waals surface area contributed by atoms with Crippen molar-refractivity contribution in [3.05, 3.63) is 112 Å². The van der Waals surface area contributed by atoms with Crippen LogP contribution < -0.4 is 5.01 Å². The number of benzene rings is 3. The quantitative estimate of drug-likeness (QED) is 0.228. The Bertz CT molecular complexity index is 1250. The summed E-state index contributed by atoms with van der Waals surface area (Å²) >= 11 is 6.53. The summed E-state index contributed by atoms with van der Waals surface area (Å²) in [6.45, 7) is 2.27. The summed E-state index contributed by atoms with van der Waals surface area (Å²) in [4.78, 5) is 0. The molecule has 4 aromatic rings. The lowest BCUT2D eigenvalue weighted by molar-refractivity contribution is -0.137. The van der Waals surface area contributed by atoms with Crippen LogP contribution in [0.25, 0.3) is 5.69 Å². The molecule has 33 heavy (non-hydrogen) atoms. The summed E-state index contributed by atoms with van der Waals surface area (Å²) in [7, 11) is 0. The molecule has 0 atom stereocenters. The first kappa shape index (κ1) is 22.6. The summed E-state index contributed by atoms with van der Waals surface area (Å²) in [5, 5.41) is 11.0. The van der Waals surface area contributed by atoms with Crippen LogP contribution in [0.15, 0.2) is 90.0 Å². The van der Waals surface area contributed by atoms with Crippen molar-refractivity contribution in [2.75, 3.05) is 5.01 Å². The molecular weight excluding hydrogens is 449 g/mol. The fourth-order valence-electron chi connectivity index (χ4n) is 3.33. The second-order valence-corrected chi connectivity index (χ2v) is 7.73. The van der Waals surface area contributed by atoms with E-state index in [-0.39, 0.29) is 10.8 Å². The number of halogens is 4. The Morgan fingerprint density at radius 3 is 2.30 bits per heavy atom. The number of para-hydroxylation sites is 1. The van der Waals surface area contributed by atoms with Crippen molar-refractivity contribution in [3.63, 3.8) is 0 Å². The van der Waals surface area contributed by atoms with Crippen molar-refractivity contribution >= 4 is 23.5 Å². The number of anilines is 1. The second-order valence-electron chi connectivity index (χ2n) is 7.37. The normalized spacial score (nSPS) is 11.8. The Morgan fingerprint density at radius 2 is 1.64 bits per heavy atom. The molecule has 0 bridgehead atoms. The van der Waals surface area contributed by atoms with Crippen LogP contribution in [-0.2, 0) is 12.7 Å². The van der Waals surface area contributed by atoms with Gasteiger partial charge in [-0.3, -0.25) is 5.01 Å². The van der Waals surface area contributed by atoms with Crippen molar-refractivity contribution in [3.8, 4) is 5.69 Å². The molecule has 0 saturated carbocycles. The molecule has 1 aromatic heterocycles. The lowest BCUT2D eigenvalue weighted by atomic mass is 10.2. The Balaban J connectivity index is 1.67. The van der Waals surface area contributed by atoms with E-state index in [4.69, 9.17) is 11.6 Å². The molecule has 4 nitrogen and oxygen atoms in total. The first-order valence-corrected chi connectivity index (χ1v) is 10.5. The molecule has 0 aliphatic carbocycles. The first-order valence-electron chi connectivity index (χ1n) is 10.2. The number of aromatic nitrogens is 2. The van der Waals surface area contributed by atoms with E-state index in [1.807, 2.05) is 65.7 Å². The standard InChI is InChI=1S/C25H20ClF3N4/c1-18-23(24(26)33(31-18)22-14-8-11-20(15-22)25(27,28)29)16-30-32(21-12-6-3-7-13-21)17-19-9-4-2-5-10-19/h2-16H,17H2,1H3. The summed E-state index contributed by atoms with van der Waals surface area (Å²) in [5.74, 6) is 0. The molecule has 0 unspecified atom stereocenters. The smallest absolute Gasteiger partial charge is 0.261 e. The predicted molar refractivity (Wildman–Crippen MR) is 125 cm³/mol. The molecule has 8 heteroatoms. The van der Waals surface area contributed by atoms with Crippen LogP contribution in [0, 0.1) is 6.92 Å². The van der Waals surface area contributed by atoms with Gasteiger partial charge in [-0.05, 0) is 42.8 Å². The highest BCUT2D eigenvalue weighted by molar-refractivity contribution is 6.32. The molecule has 4 rings (SSSR count). The molecule has 168 valence electrons. The Labute approximate surface area is 194 Å². The lowest BCUT2D eigenvalue weighted by Gasteiger charge is -2.19. The summed E-state index contributed by atoms with van der Waals surface area (Å²) in [5.41, 5.74) is 2.49. The van der Waals surface area contributed by atoms with E-state index < -0.39 is 11.7 Å². The monoisotopic (exact) mass is 468 g/mol. The van der Waals surface area contributed by atoms with Gasteiger partial charge in [-0.1, -0.05) is 66.2 Å². The minimum Gasteiger partial charge on any atom is -0.261 e. The molecule has 1 heterocycles. The van der Waals surface area contributed by atoms with Gasteiger partial charge >= 0.3 is 6.18 Å². The fraction of sp³-hybridized carbons (Fsp3) is 0.120. The van der Waals surface area contributed by atoms with Gasteiger partial charge in [0.05, 0.1) is 41.0 Å². The van der Waals surface area contributed by atoms with E-state index in [1.54, 1.807) is 13.1 Å². The van der Waals surface area contributed by atoms with Gasteiger partial charge in [-0.25, -0.2) is 4.68 Å². The Kier molecular flexibility index (Phi) is 6.51. The summed E-state index contributed by atoms with van der Waals surface area (Å²) < 4.78 is 40.7. The molecule has 0 radical (unpaired) electrons. The zero-order chi connectivity index (χ0) is 23.4. The van der Waals surface area contributed by atoms with Gasteiger partial charge in [-0.2, -0.15) is 23.4 Å². The average molecular weight is 469 g/mol. The first-order chi connectivity index (χ1) is 15.8. The molecule has 0 N–H and O–H groups in total. The largest absolute Gasteiger partial charge is 0.416 e. The van der Waals surface area contributed by atoms with E-state index in [0.29, 0.717) is 17.8 Å². The van der Waals surface area contributed by atoms with Gasteiger partial charge in [0, 0.05) is 0 Å². The van der Waals surface area contributed by atoms with Crippen LogP contribution in [0.2, 0.25) is 5.15 Å². The van der Waals surface area contributed by atoms with E-state index in [2.05, 4.69) is 10.2 Å². The molecule has 0 aliphatic heterocycles. The fourth-order valence-corrected chi connectivity index (χ4v) is 3.65. The summed E-state index contributed by atoms with van der Waals surface area (Å²) in [6, 6.07) is 24.4. The van der Waals surface area contributed by atoms with Crippen molar-refractivity contribution in [2.24, 2.45) is 5.10 Å². The van der Waals surface area contributed by atoms with E-state index >= 15 is 0 Å². The number of alkyl halides is 3. The van der Waals surface area contributed by atoms with Gasteiger partial charge in [0.2, 0.25) is 0 Å². The molecule has 0 amide bonds. The van der Waals surface area contributed by atoms with Crippen LogP contribution in [0.4, 0.5) is 18.9 Å². The SMILES string of the molecule is Cc1nn(-c2cccc(C(F)(F)F)c2)c(Cl)c1C=NN(Cc1ccccc1)c1ccccc1. The average Bonchev–Trinajstić information content (AvgIpc) is 3.10. The van der Waals surface area contributed by atoms with Crippen LogP contribution in [0.3, 0.4) is 0 Å². The van der Waals surface area contributed by atoms with Crippen LogP contribution in [0.1, 0.15) is 22.4 Å². The van der Waals surface area contributed by atoms with E-state index in [9.17, 15) is 13.2 Å². The van der Waals surface area contributed by atoms with Gasteiger partial charge in [0.1, 0.15) is 5.15 Å². The Hall–Kier alpha value is -3.58. The predicted octanol–water partition coefficient (Wildman–Crippen LogP) is 6.89. The molecule has 0 saturated heterocycles. The number of hydrogen-bond donors (Lipinski definition) is 0. The maximum absolute atomic E-state index is 13.1. The van der Waals surface area contributed by atoms with Gasteiger partial charge in [0.25, 0.3) is 0 Å². The van der Waals surface area contributed by atoms with Crippen molar-refractivity contribution < 1.29 is 13.2 Å². The third-order valence-corrected chi connectivity index (χ3v) is 5.39. The third-order valence-electron chi connectivity index (χ3n) is 5.02. The topological polar surface area (TPSA) is 33.4 Å². The van der Waals surface area contributed by atoms with Crippen molar-refractivity contribution in [1.82, 2.24) is 9.78 Å². The maximum Gasteiger partial charge on any atom is 0.416 e. The molecule has 0 aliphatic rings. The van der Waals surface area contributed by atoms with Gasteiger partial charge in [0.15, 0.2) is 0 Å². The maximum atomic E-state index is 13.1. The molecule has 0 fully saturated rings. The zero-order valence-electron chi connectivity index (χ0n) is 17.7. The van der Waals surface area contributed by atoms with Crippen LogP contribution in [-0.4, -0.2) is 16.0 Å². The highest BCUT2D eigenvalue weighted by atomic mass is 35.5. The third kappa shape index (κ3) is 5.26. The molecule has 3 aromatic carbocycles. The minimum absolute atomic E-state index is 0.184. The second kappa shape index (κ2) is 9.50. The minimum atomic E-state index is -4.46. The highest BCUT2D eigenvalue weighted by Gasteiger charge is 2.30. The number of hydrogen-bond acceptors (Lipinski definition) is 3. The van der Waals surface area contributed by atoms with E-state index in [1.165, 1.54) is 16.8 Å². The Morgan fingerprint density at radius 1 is 0.970 bits per heavy atom. The number of nitrogens with zero attached hydrogens (tertiary/aromatic N) is 4. The zero-order valence-corrected chi connectivity index (χ0v) is 18.4. The van der Waals surface area contributed by atoms with Gasteiger partial charge < -0.3 is 0 Å². The summed E-state index contributed by atoms with van der Waals surface area (Å²) in [6.07, 6.45) is -2.87. The van der Waals surface area contributed by atoms with Crippen LogP contribution in [0.5, 0.6) is 0 Å².